The Kier molecular flexibility index (Phi) is 5.45. The van der Waals surface area contributed by atoms with E-state index in [9.17, 15) is 29.4 Å². The lowest BCUT2D eigenvalue weighted by molar-refractivity contribution is -0.387. The number of rotatable bonds is 5. The highest BCUT2D eigenvalue weighted by Gasteiger charge is 2.23. The molecule has 1 fully saturated rings. The summed E-state index contributed by atoms with van der Waals surface area (Å²) in [4.78, 5) is 35.1. The van der Waals surface area contributed by atoms with Crippen molar-refractivity contribution in [3.8, 4) is 0 Å². The summed E-state index contributed by atoms with van der Waals surface area (Å²) in [6.07, 6.45) is 0. The van der Waals surface area contributed by atoms with Gasteiger partial charge < -0.3 is 15.0 Å². The molecule has 10 nitrogen and oxygen atoms in total. The van der Waals surface area contributed by atoms with Gasteiger partial charge in [0, 0.05) is 37.0 Å². The van der Waals surface area contributed by atoms with Crippen molar-refractivity contribution >= 4 is 28.7 Å². The second-order valence-electron chi connectivity index (χ2n) is 5.94. The number of hydrogen-bond donors (Lipinski definition) is 1. The Bertz CT molecular complexity index is 945. The molecule has 0 saturated carbocycles. The Hall–Kier alpha value is -3.60. The molecule has 0 aromatic heterocycles. The van der Waals surface area contributed by atoms with Gasteiger partial charge in [-0.05, 0) is 18.2 Å². The van der Waals surface area contributed by atoms with Crippen molar-refractivity contribution in [2.75, 3.05) is 36.5 Å². The summed E-state index contributed by atoms with van der Waals surface area (Å²) in [7, 11) is 0. The lowest BCUT2D eigenvalue weighted by atomic mass is 10.1. The zero-order valence-electron chi connectivity index (χ0n) is 14.5. The topological polar surface area (TPSA) is 128 Å². The lowest BCUT2D eigenvalue weighted by Crippen LogP contribution is -2.37. The molecule has 1 aliphatic heterocycles. The first kappa shape index (κ1) is 19.2. The normalized spacial score (nSPS) is 13.8. The van der Waals surface area contributed by atoms with Crippen molar-refractivity contribution in [2.45, 2.75) is 0 Å². The molecule has 1 amide bonds. The van der Waals surface area contributed by atoms with Gasteiger partial charge in [-0.15, -0.1) is 0 Å². The molecule has 146 valence electrons. The van der Waals surface area contributed by atoms with Gasteiger partial charge in [-0.1, -0.05) is 0 Å². The van der Waals surface area contributed by atoms with E-state index in [0.29, 0.717) is 32.0 Å². The molecule has 2 aromatic carbocycles. The van der Waals surface area contributed by atoms with E-state index in [4.69, 9.17) is 4.74 Å². The molecule has 28 heavy (non-hydrogen) atoms. The number of carbonyl (C=O) groups is 1. The highest BCUT2D eigenvalue weighted by atomic mass is 19.1. The summed E-state index contributed by atoms with van der Waals surface area (Å²) in [6.45, 7) is 1.89. The van der Waals surface area contributed by atoms with Gasteiger partial charge in [0.15, 0.2) is 0 Å². The number of carbonyl (C=O) groups excluding carboxylic acids is 1. The summed E-state index contributed by atoms with van der Waals surface area (Å²) >= 11 is 0. The summed E-state index contributed by atoms with van der Waals surface area (Å²) in [6, 6.07) is 6.84. The van der Waals surface area contributed by atoms with Crippen LogP contribution in [-0.4, -0.2) is 42.1 Å². The molecule has 1 saturated heterocycles. The van der Waals surface area contributed by atoms with Crippen LogP contribution >= 0.6 is 0 Å². The first-order chi connectivity index (χ1) is 13.4. The van der Waals surface area contributed by atoms with Gasteiger partial charge in [-0.25, -0.2) is 0 Å². The van der Waals surface area contributed by atoms with Crippen LogP contribution in [-0.2, 0) is 4.74 Å². The fourth-order valence-corrected chi connectivity index (χ4v) is 2.83. The van der Waals surface area contributed by atoms with Gasteiger partial charge in [0.2, 0.25) is 5.82 Å². The van der Waals surface area contributed by atoms with Crippen LogP contribution in [0, 0.1) is 26.0 Å². The number of halogens is 1. The Morgan fingerprint density at radius 1 is 1.07 bits per heavy atom. The number of nitrogens with zero attached hydrogens (tertiary/aromatic N) is 3. The standard InChI is InChI=1S/C17H15FN4O6/c18-14-3-1-11(9-16(14)22(26)27)19-17(23)13-10-12(21(24)25)2-4-15(13)20-5-7-28-8-6-20/h1-4,9-10H,5-8H2,(H,19,23). The zero-order valence-corrected chi connectivity index (χ0v) is 14.5. The third-order valence-electron chi connectivity index (χ3n) is 4.19. The van der Waals surface area contributed by atoms with Crippen LogP contribution in [0.2, 0.25) is 0 Å². The minimum Gasteiger partial charge on any atom is -0.378 e. The number of nitrogens with one attached hydrogen (secondary N) is 1. The number of hydrogen-bond acceptors (Lipinski definition) is 7. The van der Waals surface area contributed by atoms with E-state index in [0.717, 1.165) is 18.2 Å². The molecule has 2 aromatic rings. The SMILES string of the molecule is O=C(Nc1ccc(F)c([N+](=O)[O-])c1)c1cc([N+](=O)[O-])ccc1N1CCOCC1. The maximum atomic E-state index is 13.5. The molecule has 11 heteroatoms. The third-order valence-corrected chi connectivity index (χ3v) is 4.19. The smallest absolute Gasteiger partial charge is 0.306 e. The quantitative estimate of drug-likeness (QED) is 0.614. The Labute approximate surface area is 157 Å². The van der Waals surface area contributed by atoms with Crippen LogP contribution in [0.25, 0.3) is 0 Å². The molecule has 1 N–H and O–H groups in total. The molecule has 0 atom stereocenters. The number of amides is 1. The fraction of sp³-hybridized carbons (Fsp3) is 0.235. The van der Waals surface area contributed by atoms with Crippen LogP contribution in [0.3, 0.4) is 0 Å². The molecule has 3 rings (SSSR count). The molecule has 0 unspecified atom stereocenters. The molecule has 0 bridgehead atoms. The predicted molar refractivity (Wildman–Crippen MR) is 97.1 cm³/mol. The average Bonchev–Trinajstić information content (AvgIpc) is 2.69. The summed E-state index contributed by atoms with van der Waals surface area (Å²) < 4.78 is 18.8. The van der Waals surface area contributed by atoms with Crippen molar-refractivity contribution in [1.29, 1.82) is 0 Å². The first-order valence-corrected chi connectivity index (χ1v) is 8.23. The van der Waals surface area contributed by atoms with E-state index in [1.54, 1.807) is 0 Å². The maximum Gasteiger partial charge on any atom is 0.306 e. The number of morpholine rings is 1. The van der Waals surface area contributed by atoms with Gasteiger partial charge in [0.1, 0.15) is 0 Å². The Morgan fingerprint density at radius 2 is 1.79 bits per heavy atom. The summed E-state index contributed by atoms with van der Waals surface area (Å²) in [5.74, 6) is -1.74. The first-order valence-electron chi connectivity index (χ1n) is 8.23. The van der Waals surface area contributed by atoms with Gasteiger partial charge in [-0.3, -0.25) is 25.0 Å². The number of ether oxygens (including phenoxy) is 1. The van der Waals surface area contributed by atoms with Crippen LogP contribution in [0.15, 0.2) is 36.4 Å². The number of benzene rings is 2. The van der Waals surface area contributed by atoms with Gasteiger partial charge in [0.25, 0.3) is 11.6 Å². The predicted octanol–water partition coefficient (Wildman–Crippen LogP) is 2.73. The van der Waals surface area contributed by atoms with Crippen LogP contribution in [0.4, 0.5) is 27.1 Å². The largest absolute Gasteiger partial charge is 0.378 e. The lowest BCUT2D eigenvalue weighted by Gasteiger charge is -2.30. The number of nitro groups is 2. The second-order valence-corrected chi connectivity index (χ2v) is 5.94. The monoisotopic (exact) mass is 390 g/mol. The molecular formula is C17H15FN4O6. The third kappa shape index (κ3) is 4.04. The van der Waals surface area contributed by atoms with Crippen molar-refractivity contribution in [3.63, 3.8) is 0 Å². The Balaban J connectivity index is 1.95. The van der Waals surface area contributed by atoms with Crippen molar-refractivity contribution < 1.29 is 23.8 Å². The zero-order chi connectivity index (χ0) is 20.3. The average molecular weight is 390 g/mol. The molecular weight excluding hydrogens is 375 g/mol. The molecule has 0 radical (unpaired) electrons. The second kappa shape index (κ2) is 7.96. The maximum absolute atomic E-state index is 13.5. The van der Waals surface area contributed by atoms with Gasteiger partial charge in [-0.2, -0.15) is 4.39 Å². The highest BCUT2D eigenvalue weighted by Crippen LogP contribution is 2.28. The van der Waals surface area contributed by atoms with E-state index < -0.39 is 27.3 Å². The van der Waals surface area contributed by atoms with E-state index in [1.807, 2.05) is 4.90 Å². The van der Waals surface area contributed by atoms with E-state index in [2.05, 4.69) is 5.32 Å². The van der Waals surface area contributed by atoms with Crippen LogP contribution < -0.4 is 10.2 Å². The van der Waals surface area contributed by atoms with Crippen LogP contribution in [0.1, 0.15) is 10.4 Å². The minimum atomic E-state index is -1.03. The van der Waals surface area contributed by atoms with E-state index in [1.165, 1.54) is 18.2 Å². The summed E-state index contributed by atoms with van der Waals surface area (Å²) in [5, 5.41) is 24.4. The molecule has 0 aliphatic carbocycles. The van der Waals surface area contributed by atoms with Crippen molar-refractivity contribution in [2.24, 2.45) is 0 Å². The molecule has 1 aliphatic rings. The number of non-ortho nitro benzene ring substituents is 1. The van der Waals surface area contributed by atoms with Crippen molar-refractivity contribution in [3.05, 3.63) is 68.0 Å². The fourth-order valence-electron chi connectivity index (χ4n) is 2.83. The number of nitro benzene ring substituents is 2. The summed E-state index contributed by atoms with van der Waals surface area (Å²) in [5.41, 5.74) is -0.555. The van der Waals surface area contributed by atoms with E-state index in [-0.39, 0.29) is 16.9 Å². The molecule has 0 spiro atoms. The van der Waals surface area contributed by atoms with E-state index >= 15 is 0 Å². The Morgan fingerprint density at radius 3 is 2.43 bits per heavy atom. The molecule has 1 heterocycles. The van der Waals surface area contributed by atoms with Gasteiger partial charge in [0.05, 0.1) is 34.3 Å². The highest BCUT2D eigenvalue weighted by molar-refractivity contribution is 6.08. The van der Waals surface area contributed by atoms with Crippen LogP contribution in [0.5, 0.6) is 0 Å². The minimum absolute atomic E-state index is 0.00228. The van der Waals surface area contributed by atoms with Gasteiger partial charge >= 0.3 is 5.69 Å². The number of anilines is 2. The van der Waals surface area contributed by atoms with Crippen molar-refractivity contribution in [1.82, 2.24) is 0 Å².